The number of hydrogen-bond donors (Lipinski definition) is 0. The van der Waals surface area contributed by atoms with Gasteiger partial charge in [-0.3, -0.25) is 0 Å². The highest BCUT2D eigenvalue weighted by Gasteiger charge is 2.13. The lowest BCUT2D eigenvalue weighted by atomic mass is 10.2. The molecule has 0 saturated carbocycles. The Kier molecular flexibility index (Phi) is 4.11. The summed E-state index contributed by atoms with van der Waals surface area (Å²) >= 11 is 4.94. The highest BCUT2D eigenvalue weighted by Crippen LogP contribution is 2.21. The van der Waals surface area contributed by atoms with Crippen LogP contribution in [0.3, 0.4) is 0 Å². The first-order valence-corrected chi connectivity index (χ1v) is 6.19. The minimum Gasteiger partial charge on any atom is -0.457 e. The smallest absolute Gasteiger partial charge is 0.331 e. The van der Waals surface area contributed by atoms with Gasteiger partial charge in [-0.15, -0.1) is 11.3 Å². The normalized spacial score (nSPS) is 12.0. The van der Waals surface area contributed by atoms with Gasteiger partial charge in [-0.1, -0.05) is 0 Å². The predicted molar refractivity (Wildman–Crippen MR) is 66.9 cm³/mol. The Morgan fingerprint density at radius 1 is 1.53 bits per heavy atom. The van der Waals surface area contributed by atoms with Gasteiger partial charge in [0, 0.05) is 6.08 Å². The van der Waals surface area contributed by atoms with Gasteiger partial charge in [0.2, 0.25) is 0 Å². The van der Waals surface area contributed by atoms with Crippen LogP contribution in [0.15, 0.2) is 21.3 Å². The summed E-state index contributed by atoms with van der Waals surface area (Å²) in [6.45, 7) is 5.54. The largest absolute Gasteiger partial charge is 0.457 e. The third-order valence-electron chi connectivity index (χ3n) is 1.41. The molecule has 0 spiro atoms. The van der Waals surface area contributed by atoms with Gasteiger partial charge in [0.15, 0.2) is 0 Å². The lowest BCUT2D eigenvalue weighted by Crippen LogP contribution is -2.22. The molecule has 15 heavy (non-hydrogen) atoms. The topological polar surface area (TPSA) is 26.3 Å². The monoisotopic (exact) mass is 288 g/mol. The average Bonchev–Trinajstić information content (AvgIpc) is 2.45. The summed E-state index contributed by atoms with van der Waals surface area (Å²) in [7, 11) is 0. The second-order valence-corrected chi connectivity index (χ2v) is 6.34. The van der Waals surface area contributed by atoms with Crippen LogP contribution in [0.2, 0.25) is 0 Å². The molecule has 1 rings (SSSR count). The van der Waals surface area contributed by atoms with Gasteiger partial charge in [0.05, 0.1) is 3.79 Å². The maximum atomic E-state index is 11.3. The molecule has 0 fully saturated rings. The van der Waals surface area contributed by atoms with Gasteiger partial charge in [0.1, 0.15) is 5.60 Å². The van der Waals surface area contributed by atoms with Crippen molar-refractivity contribution in [1.82, 2.24) is 0 Å². The van der Waals surface area contributed by atoms with Gasteiger partial charge >= 0.3 is 5.97 Å². The molecule has 0 radical (unpaired) electrons. The number of thiophene rings is 1. The van der Waals surface area contributed by atoms with Crippen LogP contribution in [0, 0.1) is 0 Å². The molecule has 0 aromatic carbocycles. The Hall–Kier alpha value is -0.610. The number of rotatable bonds is 2. The van der Waals surface area contributed by atoms with Crippen molar-refractivity contribution in [3.05, 3.63) is 26.9 Å². The molecule has 1 heterocycles. The molecule has 82 valence electrons. The summed E-state index contributed by atoms with van der Waals surface area (Å²) in [5.41, 5.74) is 0.564. The first kappa shape index (κ1) is 12.5. The SMILES string of the molecule is CC(C)(C)OC(=O)/C=C/c1csc(Br)c1. The van der Waals surface area contributed by atoms with E-state index in [1.807, 2.05) is 32.2 Å². The number of carbonyl (C=O) groups is 1. The van der Waals surface area contributed by atoms with Crippen molar-refractivity contribution in [3.63, 3.8) is 0 Å². The first-order chi connectivity index (χ1) is 6.87. The van der Waals surface area contributed by atoms with Crippen LogP contribution in [0.5, 0.6) is 0 Å². The highest BCUT2D eigenvalue weighted by atomic mass is 79.9. The number of esters is 1. The molecule has 0 bridgehead atoms. The molecule has 0 aliphatic heterocycles. The van der Waals surface area contributed by atoms with E-state index < -0.39 is 5.60 Å². The quantitative estimate of drug-likeness (QED) is 0.610. The second kappa shape index (κ2) is 4.94. The van der Waals surface area contributed by atoms with Crippen molar-refractivity contribution in [2.75, 3.05) is 0 Å². The molecule has 2 nitrogen and oxygen atoms in total. The van der Waals surface area contributed by atoms with E-state index in [-0.39, 0.29) is 5.97 Å². The molecular formula is C11H13BrO2S. The molecule has 0 aliphatic rings. The van der Waals surface area contributed by atoms with Crippen molar-refractivity contribution < 1.29 is 9.53 Å². The van der Waals surface area contributed by atoms with E-state index in [4.69, 9.17) is 4.74 Å². The van der Waals surface area contributed by atoms with Gasteiger partial charge in [-0.2, -0.15) is 0 Å². The maximum Gasteiger partial charge on any atom is 0.331 e. The van der Waals surface area contributed by atoms with E-state index in [2.05, 4.69) is 15.9 Å². The van der Waals surface area contributed by atoms with E-state index in [1.54, 1.807) is 17.4 Å². The van der Waals surface area contributed by atoms with E-state index in [0.29, 0.717) is 0 Å². The van der Waals surface area contributed by atoms with E-state index in [0.717, 1.165) is 9.35 Å². The van der Waals surface area contributed by atoms with Crippen molar-refractivity contribution in [2.45, 2.75) is 26.4 Å². The Morgan fingerprint density at radius 3 is 2.67 bits per heavy atom. The zero-order valence-electron chi connectivity index (χ0n) is 8.91. The van der Waals surface area contributed by atoms with Crippen molar-refractivity contribution in [3.8, 4) is 0 Å². The maximum absolute atomic E-state index is 11.3. The minimum atomic E-state index is -0.434. The lowest BCUT2D eigenvalue weighted by molar-refractivity contribution is -0.148. The number of hydrogen-bond acceptors (Lipinski definition) is 3. The Bertz CT molecular complexity index is 374. The molecule has 4 heteroatoms. The van der Waals surface area contributed by atoms with Crippen LogP contribution >= 0.6 is 27.3 Å². The molecule has 1 aromatic rings. The minimum absolute atomic E-state index is 0.315. The predicted octanol–water partition coefficient (Wildman–Crippen LogP) is 3.87. The molecule has 1 aromatic heterocycles. The fourth-order valence-corrected chi connectivity index (χ4v) is 2.05. The second-order valence-electron chi connectivity index (χ2n) is 4.05. The zero-order chi connectivity index (χ0) is 11.5. The Morgan fingerprint density at radius 2 is 2.20 bits per heavy atom. The Labute approximate surface area is 102 Å². The first-order valence-electron chi connectivity index (χ1n) is 4.52. The van der Waals surface area contributed by atoms with Crippen LogP contribution in [-0.2, 0) is 9.53 Å². The van der Waals surface area contributed by atoms with Crippen molar-refractivity contribution in [1.29, 1.82) is 0 Å². The summed E-state index contributed by atoms with van der Waals surface area (Å²) < 4.78 is 6.18. The standard InChI is InChI=1S/C11H13BrO2S/c1-11(2,3)14-10(13)5-4-8-6-9(12)15-7-8/h4-7H,1-3H3/b5-4+. The molecule has 0 N–H and O–H groups in total. The summed E-state index contributed by atoms with van der Waals surface area (Å²) in [6, 6.07) is 1.95. The van der Waals surface area contributed by atoms with Crippen LogP contribution in [0.25, 0.3) is 6.08 Å². The highest BCUT2D eigenvalue weighted by molar-refractivity contribution is 9.11. The molecule has 0 aliphatic carbocycles. The summed E-state index contributed by atoms with van der Waals surface area (Å²) in [6.07, 6.45) is 3.19. The number of carbonyl (C=O) groups excluding carboxylic acids is 1. The molecule has 0 saturated heterocycles. The van der Waals surface area contributed by atoms with Gasteiger partial charge in [-0.25, -0.2) is 4.79 Å². The van der Waals surface area contributed by atoms with E-state index in [9.17, 15) is 4.79 Å². The number of halogens is 1. The van der Waals surface area contributed by atoms with Crippen LogP contribution in [0.4, 0.5) is 0 Å². The number of ether oxygens (including phenoxy) is 1. The van der Waals surface area contributed by atoms with Gasteiger partial charge in [0.25, 0.3) is 0 Å². The summed E-state index contributed by atoms with van der Waals surface area (Å²) in [4.78, 5) is 11.3. The van der Waals surface area contributed by atoms with Gasteiger partial charge in [-0.05, 0) is 59.8 Å². The molecule has 0 unspecified atom stereocenters. The fourth-order valence-electron chi connectivity index (χ4n) is 0.911. The lowest BCUT2D eigenvalue weighted by Gasteiger charge is -2.17. The van der Waals surface area contributed by atoms with Gasteiger partial charge < -0.3 is 4.74 Å². The van der Waals surface area contributed by atoms with Crippen LogP contribution in [-0.4, -0.2) is 11.6 Å². The average molecular weight is 289 g/mol. The zero-order valence-corrected chi connectivity index (χ0v) is 11.3. The van der Waals surface area contributed by atoms with E-state index >= 15 is 0 Å². The van der Waals surface area contributed by atoms with Crippen molar-refractivity contribution >= 4 is 39.3 Å². The molecule has 0 atom stereocenters. The molecular weight excluding hydrogens is 276 g/mol. The third-order valence-corrected chi connectivity index (χ3v) is 2.93. The summed E-state index contributed by atoms with van der Waals surface area (Å²) in [5, 5.41) is 1.96. The van der Waals surface area contributed by atoms with Crippen LogP contribution in [0.1, 0.15) is 26.3 Å². The summed E-state index contributed by atoms with van der Waals surface area (Å²) in [5.74, 6) is -0.315. The van der Waals surface area contributed by atoms with E-state index in [1.165, 1.54) is 6.08 Å². The van der Waals surface area contributed by atoms with Crippen molar-refractivity contribution in [2.24, 2.45) is 0 Å². The molecule has 0 amide bonds. The third kappa shape index (κ3) is 5.14. The fraction of sp³-hybridized carbons (Fsp3) is 0.364. The van der Waals surface area contributed by atoms with Crippen LogP contribution < -0.4 is 0 Å². The Balaban J connectivity index is 2.55.